The molecule has 1 radical (unpaired) electrons. The van der Waals surface area contributed by atoms with Crippen molar-refractivity contribution >= 4 is 162 Å². The average molecular weight is 788 g/mol. The quantitative estimate of drug-likeness (QED) is 0.173. The molecule has 1 aliphatic heterocycles. The molecule has 267 valence electrons. The van der Waals surface area contributed by atoms with Crippen molar-refractivity contribution in [2.24, 2.45) is 0 Å². The molecule has 1 aliphatic rings. The van der Waals surface area contributed by atoms with Crippen molar-refractivity contribution in [2.45, 2.75) is 0 Å². The topological polar surface area (TPSA) is 19.0 Å². The number of fused-ring (bicyclic) bond motifs is 16. The van der Waals surface area contributed by atoms with Crippen LogP contribution in [-0.2, 0) is 0 Å². The molecular formula is C52H28BN2S3. The molecule has 0 fully saturated rings. The Bertz CT molecular complexity index is 3920. The van der Waals surface area contributed by atoms with Crippen LogP contribution in [0, 0.1) is 0 Å². The molecule has 0 aliphatic carbocycles. The third-order valence-electron chi connectivity index (χ3n) is 12.4. The van der Waals surface area contributed by atoms with Crippen LogP contribution >= 0.6 is 34.0 Å². The number of nitrogens with zero attached hydrogens (tertiary/aromatic N) is 1. The standard InChI is InChI=1S/C52H28BN2S3/c1-2-11-30-28(10-1)20-22-35-34-15-9-16-36(51(34)54-50(30)35)48-49-42(26-39-33-14-5-8-19-45(33)58-52(39)48)55(29-21-23-46-37(24-29)31-12-3-6-17-43(31)56-46)41-25-38-32-13-4-7-18-44(32)57-47(38)27-40(41)53-49/h1-27,54H. The molecule has 9 aromatic carbocycles. The molecule has 4 aromatic heterocycles. The number of anilines is 3. The van der Waals surface area contributed by atoms with Crippen LogP contribution in [0.15, 0.2) is 164 Å². The molecule has 0 atom stereocenters. The van der Waals surface area contributed by atoms with Gasteiger partial charge in [-0.05, 0) is 71.0 Å². The summed E-state index contributed by atoms with van der Waals surface area (Å²) in [5, 5.41) is 12.8. The van der Waals surface area contributed by atoms with E-state index in [0.29, 0.717) is 0 Å². The predicted molar refractivity (Wildman–Crippen MR) is 257 cm³/mol. The van der Waals surface area contributed by atoms with Gasteiger partial charge in [-0.3, -0.25) is 0 Å². The first-order valence-electron chi connectivity index (χ1n) is 19.7. The van der Waals surface area contributed by atoms with E-state index in [2.05, 4.69) is 181 Å². The molecule has 58 heavy (non-hydrogen) atoms. The van der Waals surface area contributed by atoms with E-state index in [4.69, 9.17) is 0 Å². The summed E-state index contributed by atoms with van der Waals surface area (Å²) >= 11 is 5.68. The van der Waals surface area contributed by atoms with Crippen molar-refractivity contribution in [2.75, 3.05) is 4.90 Å². The number of para-hydroxylation sites is 1. The minimum atomic E-state index is 1.17. The molecule has 0 spiro atoms. The van der Waals surface area contributed by atoms with Gasteiger partial charge in [-0.15, -0.1) is 34.0 Å². The van der Waals surface area contributed by atoms with Crippen molar-refractivity contribution in [3.63, 3.8) is 0 Å². The van der Waals surface area contributed by atoms with Crippen LogP contribution < -0.4 is 15.8 Å². The molecular weight excluding hydrogens is 760 g/mol. The third-order valence-corrected chi connectivity index (χ3v) is 15.9. The van der Waals surface area contributed by atoms with Crippen LogP contribution in [0.3, 0.4) is 0 Å². The molecule has 0 saturated heterocycles. The first-order valence-corrected chi connectivity index (χ1v) is 22.1. The van der Waals surface area contributed by atoms with Crippen LogP contribution in [-0.4, -0.2) is 12.3 Å². The number of rotatable bonds is 2. The highest BCUT2D eigenvalue weighted by Gasteiger charge is 2.32. The Labute approximate surface area is 345 Å². The Morgan fingerprint density at radius 2 is 1.03 bits per heavy atom. The summed E-state index contributed by atoms with van der Waals surface area (Å²) in [6.45, 7) is 0. The molecule has 5 heterocycles. The zero-order chi connectivity index (χ0) is 37.6. The number of thiophene rings is 3. The maximum atomic E-state index is 4.01. The Morgan fingerprint density at radius 1 is 0.414 bits per heavy atom. The van der Waals surface area contributed by atoms with Gasteiger partial charge in [0, 0.05) is 99.3 Å². The van der Waals surface area contributed by atoms with E-state index in [9.17, 15) is 0 Å². The van der Waals surface area contributed by atoms with Crippen molar-refractivity contribution in [3.8, 4) is 11.1 Å². The van der Waals surface area contributed by atoms with Crippen molar-refractivity contribution < 1.29 is 0 Å². The number of hydrogen-bond donors (Lipinski definition) is 1. The molecule has 0 bridgehead atoms. The summed E-state index contributed by atoms with van der Waals surface area (Å²) < 4.78 is 7.89. The predicted octanol–water partition coefficient (Wildman–Crippen LogP) is 14.7. The van der Waals surface area contributed by atoms with Gasteiger partial charge < -0.3 is 9.88 Å². The molecule has 13 aromatic rings. The number of aromatic nitrogens is 1. The first kappa shape index (κ1) is 31.6. The van der Waals surface area contributed by atoms with E-state index in [0.717, 1.165) is 0 Å². The van der Waals surface area contributed by atoms with Crippen LogP contribution in [0.5, 0.6) is 0 Å². The van der Waals surface area contributed by atoms with E-state index in [1.54, 1.807) is 0 Å². The van der Waals surface area contributed by atoms with Crippen molar-refractivity contribution in [3.05, 3.63) is 164 Å². The van der Waals surface area contributed by atoms with Gasteiger partial charge in [0.15, 0.2) is 7.28 Å². The number of H-pyrrole nitrogens is 1. The third kappa shape index (κ3) is 4.26. The van der Waals surface area contributed by atoms with Gasteiger partial charge >= 0.3 is 0 Å². The Morgan fingerprint density at radius 3 is 1.84 bits per heavy atom. The van der Waals surface area contributed by atoms with Crippen molar-refractivity contribution in [1.29, 1.82) is 0 Å². The van der Waals surface area contributed by atoms with Gasteiger partial charge in [0.05, 0.1) is 11.0 Å². The van der Waals surface area contributed by atoms with E-state index < -0.39 is 0 Å². The average Bonchev–Trinajstić information content (AvgIpc) is 4.04. The van der Waals surface area contributed by atoms with Gasteiger partial charge in [0.2, 0.25) is 0 Å². The molecule has 0 saturated carbocycles. The largest absolute Gasteiger partial charge is 0.353 e. The van der Waals surface area contributed by atoms with Crippen LogP contribution in [0.4, 0.5) is 17.1 Å². The van der Waals surface area contributed by atoms with Gasteiger partial charge in [-0.1, -0.05) is 115 Å². The highest BCUT2D eigenvalue weighted by molar-refractivity contribution is 7.27. The monoisotopic (exact) mass is 787 g/mol. The lowest BCUT2D eigenvalue weighted by Gasteiger charge is -2.35. The maximum Gasteiger partial charge on any atom is 0.198 e. The smallest absolute Gasteiger partial charge is 0.198 e. The molecule has 0 amide bonds. The Balaban J connectivity index is 1.13. The minimum Gasteiger partial charge on any atom is -0.353 e. The van der Waals surface area contributed by atoms with Crippen LogP contribution in [0.25, 0.3) is 104 Å². The molecule has 0 unspecified atom stereocenters. The summed E-state index contributed by atoms with van der Waals surface area (Å²) in [7, 11) is 2.49. The second-order valence-corrected chi connectivity index (χ2v) is 18.7. The highest BCUT2D eigenvalue weighted by atomic mass is 32.1. The highest BCUT2D eigenvalue weighted by Crippen LogP contribution is 2.49. The fourth-order valence-electron chi connectivity index (χ4n) is 9.83. The maximum absolute atomic E-state index is 4.01. The second-order valence-electron chi connectivity index (χ2n) is 15.5. The fraction of sp³-hybridized carbons (Fsp3) is 0. The zero-order valence-electron chi connectivity index (χ0n) is 30.8. The van der Waals surface area contributed by atoms with E-state index in [1.807, 2.05) is 34.0 Å². The van der Waals surface area contributed by atoms with Crippen molar-refractivity contribution in [1.82, 2.24) is 4.98 Å². The summed E-state index contributed by atoms with van der Waals surface area (Å²) in [5.74, 6) is 0. The van der Waals surface area contributed by atoms with Gasteiger partial charge in [-0.2, -0.15) is 0 Å². The molecule has 1 N–H and O–H groups in total. The second kappa shape index (κ2) is 11.6. The summed E-state index contributed by atoms with van der Waals surface area (Å²) in [4.78, 5) is 6.57. The summed E-state index contributed by atoms with van der Waals surface area (Å²) in [6, 6.07) is 61.3. The SMILES string of the molecule is [B]1c2cc3sc4ccccc4c3cc2N(c2ccc3sc4ccccc4c3c2)c2cc3c(sc4ccccc43)c(-c3cccc4c3[nH]c3c5ccccc5ccc43)c21. The number of hydrogen-bond acceptors (Lipinski definition) is 4. The van der Waals surface area contributed by atoms with E-state index in [-0.39, 0.29) is 0 Å². The van der Waals surface area contributed by atoms with E-state index >= 15 is 0 Å². The molecule has 6 heteroatoms. The lowest BCUT2D eigenvalue weighted by molar-refractivity contribution is 1.32. The van der Waals surface area contributed by atoms with Crippen LogP contribution in [0.2, 0.25) is 0 Å². The summed E-state index contributed by atoms with van der Waals surface area (Å²) in [5.41, 5.74) is 11.0. The number of benzene rings is 9. The number of aromatic amines is 1. The number of nitrogens with one attached hydrogen (secondary N) is 1. The van der Waals surface area contributed by atoms with Gasteiger partial charge in [0.25, 0.3) is 0 Å². The van der Waals surface area contributed by atoms with Crippen LogP contribution in [0.1, 0.15) is 0 Å². The molecule has 14 rings (SSSR count). The first-order chi connectivity index (χ1) is 28.7. The summed E-state index contributed by atoms with van der Waals surface area (Å²) in [6.07, 6.45) is 0. The lowest BCUT2D eigenvalue weighted by atomic mass is 9.58. The minimum absolute atomic E-state index is 1.17. The van der Waals surface area contributed by atoms with E-state index in [1.165, 1.54) is 132 Å². The fourth-order valence-corrected chi connectivity index (χ4v) is 13.3. The van der Waals surface area contributed by atoms with Gasteiger partial charge in [-0.25, -0.2) is 0 Å². The molecule has 2 nitrogen and oxygen atoms in total. The Kier molecular flexibility index (Phi) is 6.32. The zero-order valence-corrected chi connectivity index (χ0v) is 33.3. The lowest BCUT2D eigenvalue weighted by Crippen LogP contribution is -2.41. The normalized spacial score (nSPS) is 12.9. The van der Waals surface area contributed by atoms with Gasteiger partial charge in [0.1, 0.15) is 0 Å². The Hall–Kier alpha value is -6.44.